The molecule has 0 aromatic heterocycles. The number of rotatable bonds is 59. The maximum absolute atomic E-state index is 13.0. The van der Waals surface area contributed by atoms with E-state index in [0.717, 1.165) is 141 Å². The number of esters is 3. The molecule has 0 amide bonds. The SMILES string of the molecule is CC/C=C\C/C=C\C/C=C\CCCCCCCCCC(=O)OC(CO)COP(=O)(O)OCC(COC(=O)CCCCCCCCCCC/C=C\C/C=C\CCCCC)OC(=O)CCCCCCCCC/C=C\C/C=C\C/C=C\CC. The average molecular weight is 1140 g/mol. The number of aliphatic hydroxyl groups excluding tert-OH is 1. The second-order valence-corrected chi connectivity index (χ2v) is 22.6. The number of allylic oxidation sites excluding steroid dienone is 16. The fraction of sp³-hybridized carbons (Fsp3) is 0.721. The van der Waals surface area contributed by atoms with E-state index in [4.69, 9.17) is 23.3 Å². The quantitative estimate of drug-likeness (QED) is 0.0197. The number of unbranched alkanes of at least 4 members (excludes halogenated alkanes) is 26. The minimum Gasteiger partial charge on any atom is -0.462 e. The summed E-state index contributed by atoms with van der Waals surface area (Å²) < 4.78 is 39.7. The Morgan fingerprint density at radius 3 is 1.00 bits per heavy atom. The lowest BCUT2D eigenvalue weighted by atomic mass is 10.1. The zero-order valence-corrected chi connectivity index (χ0v) is 51.9. The van der Waals surface area contributed by atoms with Gasteiger partial charge in [0.2, 0.25) is 0 Å². The van der Waals surface area contributed by atoms with Crippen LogP contribution in [0.15, 0.2) is 97.2 Å². The molecule has 12 heteroatoms. The van der Waals surface area contributed by atoms with Crippen LogP contribution in [0.2, 0.25) is 0 Å². The second kappa shape index (κ2) is 61.5. The molecule has 0 aliphatic carbocycles. The third-order valence-electron chi connectivity index (χ3n) is 13.5. The number of ether oxygens (including phenoxy) is 3. The third-order valence-corrected chi connectivity index (χ3v) is 14.4. The van der Waals surface area contributed by atoms with Crippen molar-refractivity contribution in [3.8, 4) is 0 Å². The maximum atomic E-state index is 13.0. The summed E-state index contributed by atoms with van der Waals surface area (Å²) in [5.74, 6) is -1.49. The molecule has 0 rings (SSSR count). The Hall–Kier alpha value is -3.60. The highest BCUT2D eigenvalue weighted by molar-refractivity contribution is 7.47. The van der Waals surface area contributed by atoms with Crippen LogP contribution >= 0.6 is 7.82 Å². The van der Waals surface area contributed by atoms with E-state index in [1.807, 2.05) is 0 Å². The fourth-order valence-electron chi connectivity index (χ4n) is 8.65. The molecule has 0 aromatic carbocycles. The first-order valence-corrected chi connectivity index (χ1v) is 33.6. The van der Waals surface area contributed by atoms with Gasteiger partial charge >= 0.3 is 25.7 Å². The van der Waals surface area contributed by atoms with E-state index in [9.17, 15) is 28.9 Å². The van der Waals surface area contributed by atoms with Gasteiger partial charge < -0.3 is 24.2 Å². The molecule has 460 valence electrons. The molecular weight excluding hydrogens is 1020 g/mol. The van der Waals surface area contributed by atoms with E-state index in [-0.39, 0.29) is 25.9 Å². The van der Waals surface area contributed by atoms with Crippen molar-refractivity contribution in [2.45, 2.75) is 290 Å². The van der Waals surface area contributed by atoms with Crippen LogP contribution in [0.25, 0.3) is 0 Å². The number of phosphoric acid groups is 1. The van der Waals surface area contributed by atoms with Gasteiger partial charge in [-0.1, -0.05) is 240 Å². The van der Waals surface area contributed by atoms with Crippen molar-refractivity contribution in [2.24, 2.45) is 0 Å². The van der Waals surface area contributed by atoms with Crippen LogP contribution < -0.4 is 0 Å². The topological polar surface area (TPSA) is 155 Å². The van der Waals surface area contributed by atoms with Crippen molar-refractivity contribution < 1.29 is 52.2 Å². The van der Waals surface area contributed by atoms with Crippen molar-refractivity contribution >= 4 is 25.7 Å². The number of carbonyl (C=O) groups is 3. The normalized spacial score (nSPS) is 13.9. The van der Waals surface area contributed by atoms with Gasteiger partial charge in [-0.05, 0) is 116 Å². The first-order chi connectivity index (χ1) is 39.2. The zero-order valence-electron chi connectivity index (χ0n) is 51.0. The lowest BCUT2D eigenvalue weighted by Gasteiger charge is -2.21. The molecule has 3 unspecified atom stereocenters. The van der Waals surface area contributed by atoms with Gasteiger partial charge in [-0.3, -0.25) is 23.4 Å². The standard InChI is InChI=1S/C68H117O11P/c1-4-7-10-13-16-19-22-25-28-31-32-35-36-39-42-45-48-51-54-57-66(70)75-61-65(79-68(72)59-56-53-50-47-44-41-38-34-30-27-24-21-18-15-12-9-6-3)63-77-80(73,74)76-62-64(60-69)78-67(71)58-55-52-49-46-43-40-37-33-29-26-23-20-17-14-11-8-5-2/h8-9,11-12,16-21,25-30,64-65,69H,4-7,10,13-15,22-24,31-63H2,1-3H3,(H,73,74)/b11-8-,12-9-,19-16-,20-17-,21-18-,28-25-,29-26-,30-27-. The Morgan fingerprint density at radius 1 is 0.362 bits per heavy atom. The second-order valence-electron chi connectivity index (χ2n) is 21.2. The number of carbonyl (C=O) groups excluding carboxylic acids is 3. The number of hydrogen-bond donors (Lipinski definition) is 2. The van der Waals surface area contributed by atoms with Gasteiger partial charge in [0, 0.05) is 19.3 Å². The Kier molecular flexibility index (Phi) is 58.7. The first-order valence-electron chi connectivity index (χ1n) is 32.1. The third kappa shape index (κ3) is 59.0. The lowest BCUT2D eigenvalue weighted by molar-refractivity contribution is -0.161. The molecule has 0 heterocycles. The first kappa shape index (κ1) is 76.4. The highest BCUT2D eigenvalue weighted by Crippen LogP contribution is 2.43. The average Bonchev–Trinajstić information content (AvgIpc) is 3.45. The minimum absolute atomic E-state index is 0.152. The van der Waals surface area contributed by atoms with Crippen LogP contribution in [0.3, 0.4) is 0 Å². The van der Waals surface area contributed by atoms with Gasteiger partial charge in [-0.25, -0.2) is 4.57 Å². The largest absolute Gasteiger partial charge is 0.472 e. The maximum Gasteiger partial charge on any atom is 0.472 e. The highest BCUT2D eigenvalue weighted by Gasteiger charge is 2.28. The Balaban J connectivity index is 4.72. The summed E-state index contributed by atoms with van der Waals surface area (Å²) in [6.07, 6.45) is 73.5. The molecule has 80 heavy (non-hydrogen) atoms. The molecule has 3 atom stereocenters. The monoisotopic (exact) mass is 1140 g/mol. The van der Waals surface area contributed by atoms with Crippen molar-refractivity contribution in [1.29, 1.82) is 0 Å². The van der Waals surface area contributed by atoms with E-state index < -0.39 is 57.8 Å². The van der Waals surface area contributed by atoms with Crippen molar-refractivity contribution in [2.75, 3.05) is 26.4 Å². The van der Waals surface area contributed by atoms with Gasteiger partial charge in [0.05, 0.1) is 19.8 Å². The number of phosphoric ester groups is 1. The van der Waals surface area contributed by atoms with Gasteiger partial charge in [-0.2, -0.15) is 0 Å². The van der Waals surface area contributed by atoms with Crippen LogP contribution in [-0.4, -0.2) is 66.5 Å². The molecule has 0 fully saturated rings. The molecule has 0 aliphatic rings. The molecule has 2 N–H and O–H groups in total. The summed E-state index contributed by atoms with van der Waals surface area (Å²) in [6, 6.07) is 0. The summed E-state index contributed by atoms with van der Waals surface area (Å²) in [5, 5.41) is 9.86. The summed E-state index contributed by atoms with van der Waals surface area (Å²) in [7, 11) is -4.76. The van der Waals surface area contributed by atoms with Gasteiger partial charge in [0.1, 0.15) is 12.7 Å². The predicted molar refractivity (Wildman–Crippen MR) is 334 cm³/mol. The molecule has 0 saturated heterocycles. The van der Waals surface area contributed by atoms with E-state index in [0.29, 0.717) is 19.3 Å². The Bertz CT molecular complexity index is 1710. The molecule has 0 aromatic rings. The van der Waals surface area contributed by atoms with Gasteiger partial charge in [0.15, 0.2) is 6.10 Å². The van der Waals surface area contributed by atoms with E-state index in [2.05, 4.69) is 118 Å². The number of hydrogen-bond acceptors (Lipinski definition) is 10. The summed E-state index contributed by atoms with van der Waals surface area (Å²) in [6.45, 7) is 4.40. The fourth-order valence-corrected chi connectivity index (χ4v) is 9.44. The van der Waals surface area contributed by atoms with Crippen LogP contribution in [0.1, 0.15) is 278 Å². The minimum atomic E-state index is -4.76. The van der Waals surface area contributed by atoms with E-state index in [1.165, 1.54) is 77.0 Å². The molecular formula is C68H117O11P. The van der Waals surface area contributed by atoms with Crippen molar-refractivity contribution in [3.63, 3.8) is 0 Å². The van der Waals surface area contributed by atoms with E-state index >= 15 is 0 Å². The Labute approximate surface area is 489 Å². The molecule has 0 spiro atoms. The Morgan fingerprint density at radius 2 is 0.650 bits per heavy atom. The molecule has 0 radical (unpaired) electrons. The van der Waals surface area contributed by atoms with Gasteiger partial charge in [0.25, 0.3) is 0 Å². The smallest absolute Gasteiger partial charge is 0.462 e. The van der Waals surface area contributed by atoms with Crippen LogP contribution in [0, 0.1) is 0 Å². The summed E-state index contributed by atoms with van der Waals surface area (Å²) in [5.41, 5.74) is 0. The predicted octanol–water partition coefficient (Wildman–Crippen LogP) is 19.6. The molecule has 0 bridgehead atoms. The van der Waals surface area contributed by atoms with Crippen molar-refractivity contribution in [1.82, 2.24) is 0 Å². The zero-order chi connectivity index (χ0) is 58.3. The molecule has 0 saturated carbocycles. The van der Waals surface area contributed by atoms with E-state index in [1.54, 1.807) is 0 Å². The molecule has 0 aliphatic heterocycles. The summed E-state index contributed by atoms with van der Waals surface area (Å²) >= 11 is 0. The van der Waals surface area contributed by atoms with Crippen molar-refractivity contribution in [3.05, 3.63) is 97.2 Å². The van der Waals surface area contributed by atoms with Gasteiger partial charge in [-0.15, -0.1) is 0 Å². The number of aliphatic hydroxyl groups is 1. The van der Waals surface area contributed by atoms with Crippen LogP contribution in [-0.2, 0) is 42.2 Å². The lowest BCUT2D eigenvalue weighted by Crippen LogP contribution is -2.30. The van der Waals surface area contributed by atoms with Crippen LogP contribution in [0.5, 0.6) is 0 Å². The van der Waals surface area contributed by atoms with Crippen LogP contribution in [0.4, 0.5) is 0 Å². The summed E-state index contributed by atoms with van der Waals surface area (Å²) in [4.78, 5) is 48.8. The highest BCUT2D eigenvalue weighted by atomic mass is 31.2. The molecule has 11 nitrogen and oxygen atoms in total.